The molecule has 0 spiro atoms. The summed E-state index contributed by atoms with van der Waals surface area (Å²) in [5.41, 5.74) is 3.93. The third-order valence-corrected chi connectivity index (χ3v) is 2.48. The average Bonchev–Trinajstić information content (AvgIpc) is 2.78. The number of hydrogen-bond acceptors (Lipinski definition) is 1. The standard InChI is InChI=1S/C11H12O/c1-8-10(7-12)11(8)9-5-3-2-4-6-9/h2-6,10,12H,7H2,1H3. The largest absolute Gasteiger partial charge is 0.395 e. The van der Waals surface area contributed by atoms with Crippen molar-refractivity contribution in [2.24, 2.45) is 5.92 Å². The third-order valence-electron chi connectivity index (χ3n) is 2.48. The lowest BCUT2D eigenvalue weighted by Crippen LogP contribution is -1.89. The maximum Gasteiger partial charge on any atom is 0.0537 e. The molecule has 0 saturated heterocycles. The van der Waals surface area contributed by atoms with Gasteiger partial charge in [0.15, 0.2) is 0 Å². The van der Waals surface area contributed by atoms with Crippen LogP contribution in [0, 0.1) is 5.92 Å². The molecule has 62 valence electrons. The molecule has 1 aromatic rings. The highest BCUT2D eigenvalue weighted by atomic mass is 16.3. The molecule has 0 saturated carbocycles. The molecule has 0 aliphatic heterocycles. The first-order valence-corrected chi connectivity index (χ1v) is 4.21. The molecule has 2 rings (SSSR count). The highest BCUT2D eigenvalue weighted by molar-refractivity contribution is 5.85. The Kier molecular flexibility index (Phi) is 1.74. The minimum Gasteiger partial charge on any atom is -0.395 e. The summed E-state index contributed by atoms with van der Waals surface area (Å²) in [5, 5.41) is 8.97. The van der Waals surface area contributed by atoms with E-state index in [9.17, 15) is 0 Å². The fourth-order valence-corrected chi connectivity index (χ4v) is 1.67. The molecule has 0 radical (unpaired) electrons. The van der Waals surface area contributed by atoms with E-state index in [1.807, 2.05) is 18.2 Å². The van der Waals surface area contributed by atoms with E-state index in [-0.39, 0.29) is 6.61 Å². The summed E-state index contributed by atoms with van der Waals surface area (Å²) in [6, 6.07) is 10.3. The quantitative estimate of drug-likeness (QED) is 0.702. The van der Waals surface area contributed by atoms with Crippen molar-refractivity contribution in [3.8, 4) is 0 Å². The fraction of sp³-hybridized carbons (Fsp3) is 0.273. The molecule has 0 amide bonds. The Hall–Kier alpha value is -1.08. The van der Waals surface area contributed by atoms with Crippen LogP contribution in [0.3, 0.4) is 0 Å². The molecule has 1 atom stereocenters. The third kappa shape index (κ3) is 1.07. The van der Waals surface area contributed by atoms with E-state index in [1.54, 1.807) is 0 Å². The van der Waals surface area contributed by atoms with Crippen LogP contribution in [0.15, 0.2) is 35.9 Å². The van der Waals surface area contributed by atoms with Crippen molar-refractivity contribution in [1.29, 1.82) is 0 Å². The number of rotatable bonds is 2. The van der Waals surface area contributed by atoms with Gasteiger partial charge < -0.3 is 5.11 Å². The van der Waals surface area contributed by atoms with Crippen molar-refractivity contribution in [1.82, 2.24) is 0 Å². The Labute approximate surface area is 72.4 Å². The monoisotopic (exact) mass is 160 g/mol. The summed E-state index contributed by atoms with van der Waals surface area (Å²) in [5.74, 6) is 0.340. The summed E-state index contributed by atoms with van der Waals surface area (Å²) in [6.45, 7) is 2.35. The van der Waals surface area contributed by atoms with Crippen molar-refractivity contribution < 1.29 is 5.11 Å². The molecule has 0 aromatic heterocycles. The van der Waals surface area contributed by atoms with Crippen LogP contribution in [-0.2, 0) is 0 Å². The van der Waals surface area contributed by atoms with Gasteiger partial charge in [-0.1, -0.05) is 35.9 Å². The van der Waals surface area contributed by atoms with E-state index >= 15 is 0 Å². The molecule has 0 fully saturated rings. The zero-order valence-corrected chi connectivity index (χ0v) is 7.12. The second-order valence-electron chi connectivity index (χ2n) is 3.20. The van der Waals surface area contributed by atoms with Gasteiger partial charge in [-0.25, -0.2) is 0 Å². The van der Waals surface area contributed by atoms with Crippen molar-refractivity contribution in [3.05, 3.63) is 41.5 Å². The highest BCUT2D eigenvalue weighted by Gasteiger charge is 2.32. The Morgan fingerprint density at radius 3 is 2.42 bits per heavy atom. The molecule has 0 bridgehead atoms. The minimum absolute atomic E-state index is 0.260. The smallest absolute Gasteiger partial charge is 0.0537 e. The molecule has 1 aliphatic rings. The number of benzene rings is 1. The van der Waals surface area contributed by atoms with E-state index in [2.05, 4.69) is 19.1 Å². The van der Waals surface area contributed by atoms with Gasteiger partial charge >= 0.3 is 0 Å². The van der Waals surface area contributed by atoms with Crippen LogP contribution in [0.5, 0.6) is 0 Å². The molecular formula is C11H12O. The van der Waals surface area contributed by atoms with Crippen LogP contribution in [-0.4, -0.2) is 11.7 Å². The Morgan fingerprint density at radius 2 is 1.92 bits per heavy atom. The van der Waals surface area contributed by atoms with Crippen molar-refractivity contribution in [2.45, 2.75) is 6.92 Å². The first-order valence-electron chi connectivity index (χ1n) is 4.21. The van der Waals surface area contributed by atoms with Gasteiger partial charge in [0, 0.05) is 5.92 Å². The van der Waals surface area contributed by atoms with Crippen LogP contribution < -0.4 is 0 Å². The molecule has 1 heteroatoms. The predicted molar refractivity (Wildman–Crippen MR) is 49.6 cm³/mol. The highest BCUT2D eigenvalue weighted by Crippen LogP contribution is 2.45. The van der Waals surface area contributed by atoms with Gasteiger partial charge in [-0.05, 0) is 18.1 Å². The lowest BCUT2D eigenvalue weighted by molar-refractivity contribution is 0.285. The summed E-state index contributed by atoms with van der Waals surface area (Å²) in [4.78, 5) is 0. The average molecular weight is 160 g/mol. The van der Waals surface area contributed by atoms with E-state index in [1.165, 1.54) is 16.7 Å². The molecule has 1 nitrogen and oxygen atoms in total. The Bertz CT molecular complexity index is 311. The minimum atomic E-state index is 0.260. The molecule has 0 heterocycles. The normalized spacial score (nSPS) is 21.3. The van der Waals surface area contributed by atoms with Gasteiger partial charge in [-0.15, -0.1) is 0 Å². The molecular weight excluding hydrogens is 148 g/mol. The predicted octanol–water partition coefficient (Wildman–Crippen LogP) is 2.08. The number of hydrogen-bond donors (Lipinski definition) is 1. The van der Waals surface area contributed by atoms with E-state index in [0.29, 0.717) is 5.92 Å². The van der Waals surface area contributed by atoms with Crippen molar-refractivity contribution in [3.63, 3.8) is 0 Å². The van der Waals surface area contributed by atoms with Crippen LogP contribution in [0.2, 0.25) is 0 Å². The van der Waals surface area contributed by atoms with Gasteiger partial charge in [0.05, 0.1) is 6.61 Å². The van der Waals surface area contributed by atoms with Crippen LogP contribution in [0.1, 0.15) is 12.5 Å². The van der Waals surface area contributed by atoms with Crippen LogP contribution in [0.4, 0.5) is 0 Å². The van der Waals surface area contributed by atoms with Gasteiger partial charge in [0.1, 0.15) is 0 Å². The topological polar surface area (TPSA) is 20.2 Å². The van der Waals surface area contributed by atoms with Crippen LogP contribution >= 0.6 is 0 Å². The molecule has 12 heavy (non-hydrogen) atoms. The van der Waals surface area contributed by atoms with Gasteiger partial charge in [-0.2, -0.15) is 0 Å². The summed E-state index contributed by atoms with van der Waals surface area (Å²) < 4.78 is 0. The van der Waals surface area contributed by atoms with E-state index < -0.39 is 0 Å². The Balaban J connectivity index is 2.24. The zero-order chi connectivity index (χ0) is 8.55. The van der Waals surface area contributed by atoms with Crippen molar-refractivity contribution >= 4 is 5.57 Å². The summed E-state index contributed by atoms with van der Waals surface area (Å²) in [7, 11) is 0. The van der Waals surface area contributed by atoms with Crippen molar-refractivity contribution in [2.75, 3.05) is 6.61 Å². The molecule has 1 unspecified atom stereocenters. The Morgan fingerprint density at radius 1 is 1.25 bits per heavy atom. The van der Waals surface area contributed by atoms with E-state index in [4.69, 9.17) is 5.11 Å². The maximum atomic E-state index is 8.97. The molecule has 1 aromatic carbocycles. The fourth-order valence-electron chi connectivity index (χ4n) is 1.67. The molecule has 1 aliphatic carbocycles. The second-order valence-corrected chi connectivity index (χ2v) is 3.20. The van der Waals surface area contributed by atoms with E-state index in [0.717, 1.165) is 0 Å². The summed E-state index contributed by atoms with van der Waals surface area (Å²) in [6.07, 6.45) is 0. The van der Waals surface area contributed by atoms with Gasteiger partial charge in [0.2, 0.25) is 0 Å². The second kappa shape index (κ2) is 2.76. The summed E-state index contributed by atoms with van der Waals surface area (Å²) >= 11 is 0. The SMILES string of the molecule is CC1=C(c2ccccc2)C1CO. The van der Waals surface area contributed by atoms with Gasteiger partial charge in [-0.3, -0.25) is 0 Å². The maximum absolute atomic E-state index is 8.97. The number of aliphatic hydroxyl groups is 1. The zero-order valence-electron chi connectivity index (χ0n) is 7.12. The lowest BCUT2D eigenvalue weighted by Gasteiger charge is -1.95. The van der Waals surface area contributed by atoms with Gasteiger partial charge in [0.25, 0.3) is 0 Å². The first kappa shape index (κ1) is 7.56. The first-order chi connectivity index (χ1) is 5.84. The molecule has 1 N–H and O–H groups in total. The lowest BCUT2D eigenvalue weighted by atomic mass is 10.1. The number of aliphatic hydroxyl groups excluding tert-OH is 1. The van der Waals surface area contributed by atoms with Crippen LogP contribution in [0.25, 0.3) is 5.57 Å².